The Labute approximate surface area is 118 Å². The molecular weight excluding hydrogens is 252 g/mol. The maximum Gasteiger partial charge on any atom is 0.335 e. The zero-order valence-corrected chi connectivity index (χ0v) is 11.8. The van der Waals surface area contributed by atoms with Crippen LogP contribution in [0.1, 0.15) is 48.8 Å². The molecule has 0 atom stereocenters. The number of benzene rings is 1. The molecule has 106 valence electrons. The molecule has 0 radical (unpaired) electrons. The number of carboxylic acids is 1. The van der Waals surface area contributed by atoms with Gasteiger partial charge in [0.15, 0.2) is 0 Å². The highest BCUT2D eigenvalue weighted by Gasteiger charge is 2.22. The fraction of sp³-hybridized carbons (Fsp3) is 0.500. The number of aromatic carboxylic acids is 1. The molecule has 20 heavy (non-hydrogen) atoms. The normalized spacial score (nSPS) is 14.8. The van der Waals surface area contributed by atoms with Crippen molar-refractivity contribution in [2.45, 2.75) is 45.6 Å². The molecule has 0 spiro atoms. The first-order valence-electron chi connectivity index (χ1n) is 7.41. The second kappa shape index (κ2) is 5.27. The fourth-order valence-corrected chi connectivity index (χ4v) is 2.69. The van der Waals surface area contributed by atoms with Gasteiger partial charge in [-0.1, -0.05) is 19.8 Å². The van der Waals surface area contributed by atoms with E-state index in [1.807, 2.05) is 6.07 Å². The van der Waals surface area contributed by atoms with Gasteiger partial charge in [-0.15, -0.1) is 0 Å². The maximum absolute atomic E-state index is 11.1. The quantitative estimate of drug-likeness (QED) is 0.875. The van der Waals surface area contributed by atoms with Crippen molar-refractivity contribution < 1.29 is 9.90 Å². The van der Waals surface area contributed by atoms with Crippen molar-refractivity contribution in [2.75, 3.05) is 0 Å². The Balaban J connectivity index is 2.01. The van der Waals surface area contributed by atoms with E-state index in [-0.39, 0.29) is 0 Å². The summed E-state index contributed by atoms with van der Waals surface area (Å²) < 4.78 is 2.23. The lowest BCUT2D eigenvalue weighted by Gasteiger charge is -2.08. The summed E-state index contributed by atoms with van der Waals surface area (Å²) in [7, 11) is 0. The highest BCUT2D eigenvalue weighted by Crippen LogP contribution is 2.33. The predicted molar refractivity (Wildman–Crippen MR) is 78.0 cm³/mol. The van der Waals surface area contributed by atoms with Gasteiger partial charge in [-0.05, 0) is 37.0 Å². The number of carbonyl (C=O) groups is 1. The number of hydrogen-bond donors (Lipinski definition) is 1. The van der Waals surface area contributed by atoms with E-state index in [1.165, 1.54) is 19.3 Å². The average molecular weight is 272 g/mol. The fourth-order valence-electron chi connectivity index (χ4n) is 2.69. The van der Waals surface area contributed by atoms with Gasteiger partial charge in [0.2, 0.25) is 0 Å². The first-order chi connectivity index (χ1) is 9.69. The summed E-state index contributed by atoms with van der Waals surface area (Å²) in [6, 6.07) is 5.22. The van der Waals surface area contributed by atoms with Crippen molar-refractivity contribution in [3.8, 4) is 0 Å². The second-order valence-corrected chi connectivity index (χ2v) is 5.67. The first kappa shape index (κ1) is 13.2. The zero-order chi connectivity index (χ0) is 14.1. The summed E-state index contributed by atoms with van der Waals surface area (Å²) in [4.78, 5) is 15.8. The molecule has 1 aromatic carbocycles. The van der Waals surface area contributed by atoms with Crippen molar-refractivity contribution in [1.82, 2.24) is 9.55 Å². The molecule has 0 bridgehead atoms. The number of nitrogens with zero attached hydrogens (tertiary/aromatic N) is 2. The SMILES string of the molecule is CCCc1nc2ccc(C(=O)O)cc2n1CCC1CC1. The smallest absolute Gasteiger partial charge is 0.335 e. The Morgan fingerprint density at radius 3 is 2.90 bits per heavy atom. The van der Waals surface area contributed by atoms with Crippen molar-refractivity contribution >= 4 is 17.0 Å². The van der Waals surface area contributed by atoms with Gasteiger partial charge in [0, 0.05) is 13.0 Å². The third kappa shape index (κ3) is 2.55. The standard InChI is InChI=1S/C16H20N2O2/c1-2-3-15-17-13-7-6-12(16(19)20)10-14(13)18(15)9-8-11-4-5-11/h6-7,10-11H,2-5,8-9H2,1H3,(H,19,20). The van der Waals surface area contributed by atoms with Crippen LogP contribution in [-0.4, -0.2) is 20.6 Å². The van der Waals surface area contributed by atoms with Crippen LogP contribution in [0.4, 0.5) is 0 Å². The molecule has 1 heterocycles. The Morgan fingerprint density at radius 2 is 2.25 bits per heavy atom. The van der Waals surface area contributed by atoms with E-state index >= 15 is 0 Å². The van der Waals surface area contributed by atoms with E-state index in [4.69, 9.17) is 5.11 Å². The molecule has 4 nitrogen and oxygen atoms in total. The van der Waals surface area contributed by atoms with Crippen LogP contribution in [0.15, 0.2) is 18.2 Å². The number of aromatic nitrogens is 2. The topological polar surface area (TPSA) is 55.1 Å². The number of rotatable bonds is 6. The molecule has 2 aromatic rings. The molecule has 1 N–H and O–H groups in total. The van der Waals surface area contributed by atoms with Crippen molar-refractivity contribution in [2.24, 2.45) is 5.92 Å². The van der Waals surface area contributed by atoms with E-state index in [9.17, 15) is 4.79 Å². The van der Waals surface area contributed by atoms with Crippen LogP contribution in [0.3, 0.4) is 0 Å². The van der Waals surface area contributed by atoms with Gasteiger partial charge in [0.1, 0.15) is 5.82 Å². The Bertz CT molecular complexity index is 641. The lowest BCUT2D eigenvalue weighted by atomic mass is 10.2. The average Bonchev–Trinajstić information content (AvgIpc) is 3.19. The van der Waals surface area contributed by atoms with Gasteiger partial charge in [-0.3, -0.25) is 0 Å². The van der Waals surface area contributed by atoms with E-state index < -0.39 is 5.97 Å². The van der Waals surface area contributed by atoms with Gasteiger partial charge in [0.25, 0.3) is 0 Å². The minimum atomic E-state index is -0.876. The van der Waals surface area contributed by atoms with E-state index in [2.05, 4.69) is 16.5 Å². The molecule has 3 rings (SSSR count). The minimum Gasteiger partial charge on any atom is -0.478 e. The highest BCUT2D eigenvalue weighted by molar-refractivity contribution is 5.92. The van der Waals surface area contributed by atoms with Crippen LogP contribution in [0, 0.1) is 5.92 Å². The van der Waals surface area contributed by atoms with Crippen LogP contribution in [0.5, 0.6) is 0 Å². The lowest BCUT2D eigenvalue weighted by Crippen LogP contribution is -2.05. The number of carboxylic acid groups (broad SMARTS) is 1. The summed E-state index contributed by atoms with van der Waals surface area (Å²) in [5.41, 5.74) is 2.22. The summed E-state index contributed by atoms with van der Waals surface area (Å²) in [5.74, 6) is 1.08. The molecule has 0 aliphatic heterocycles. The molecule has 0 unspecified atom stereocenters. The van der Waals surface area contributed by atoms with E-state index in [0.29, 0.717) is 5.56 Å². The monoisotopic (exact) mass is 272 g/mol. The second-order valence-electron chi connectivity index (χ2n) is 5.67. The molecule has 1 aliphatic carbocycles. The molecule has 1 aromatic heterocycles. The van der Waals surface area contributed by atoms with Gasteiger partial charge < -0.3 is 9.67 Å². The zero-order valence-electron chi connectivity index (χ0n) is 11.8. The Kier molecular flexibility index (Phi) is 3.47. The number of imidazole rings is 1. The Hall–Kier alpha value is -1.84. The number of fused-ring (bicyclic) bond motifs is 1. The van der Waals surface area contributed by atoms with Gasteiger partial charge >= 0.3 is 5.97 Å². The van der Waals surface area contributed by atoms with Crippen LogP contribution in [-0.2, 0) is 13.0 Å². The summed E-state index contributed by atoms with van der Waals surface area (Å²) >= 11 is 0. The van der Waals surface area contributed by atoms with Crippen molar-refractivity contribution in [3.63, 3.8) is 0 Å². The van der Waals surface area contributed by atoms with Gasteiger partial charge in [-0.2, -0.15) is 0 Å². The molecule has 1 saturated carbocycles. The molecular formula is C16H20N2O2. The molecule has 0 amide bonds. The van der Waals surface area contributed by atoms with Crippen LogP contribution in [0.2, 0.25) is 0 Å². The van der Waals surface area contributed by atoms with Crippen molar-refractivity contribution in [1.29, 1.82) is 0 Å². The predicted octanol–water partition coefficient (Wildman–Crippen LogP) is 3.49. The van der Waals surface area contributed by atoms with Crippen LogP contribution < -0.4 is 0 Å². The molecule has 1 fully saturated rings. The third-order valence-corrected chi connectivity index (χ3v) is 4.01. The third-order valence-electron chi connectivity index (χ3n) is 4.01. The summed E-state index contributed by atoms with van der Waals surface area (Å²) in [5, 5.41) is 9.14. The summed E-state index contributed by atoms with van der Waals surface area (Å²) in [6.07, 6.45) is 5.87. The molecule has 1 aliphatic rings. The minimum absolute atomic E-state index is 0.341. The summed E-state index contributed by atoms with van der Waals surface area (Å²) in [6.45, 7) is 3.10. The van der Waals surface area contributed by atoms with Crippen molar-refractivity contribution in [3.05, 3.63) is 29.6 Å². The van der Waals surface area contributed by atoms with E-state index in [0.717, 1.165) is 42.2 Å². The molecule has 4 heteroatoms. The van der Waals surface area contributed by atoms with Crippen LogP contribution in [0.25, 0.3) is 11.0 Å². The van der Waals surface area contributed by atoms with Crippen LogP contribution >= 0.6 is 0 Å². The number of hydrogen-bond acceptors (Lipinski definition) is 2. The lowest BCUT2D eigenvalue weighted by molar-refractivity contribution is 0.0697. The van der Waals surface area contributed by atoms with Gasteiger partial charge in [-0.25, -0.2) is 9.78 Å². The Morgan fingerprint density at radius 1 is 1.45 bits per heavy atom. The largest absolute Gasteiger partial charge is 0.478 e. The first-order valence-corrected chi connectivity index (χ1v) is 7.41. The molecule has 0 saturated heterocycles. The highest BCUT2D eigenvalue weighted by atomic mass is 16.4. The number of aryl methyl sites for hydroxylation is 2. The van der Waals surface area contributed by atoms with E-state index in [1.54, 1.807) is 12.1 Å². The van der Waals surface area contributed by atoms with Gasteiger partial charge in [0.05, 0.1) is 16.6 Å². The maximum atomic E-state index is 11.1.